The lowest BCUT2D eigenvalue weighted by Gasteiger charge is -2.05. The molecule has 1 rings (SSSR count). The van der Waals surface area contributed by atoms with Crippen molar-refractivity contribution in [2.24, 2.45) is 5.73 Å². The van der Waals surface area contributed by atoms with E-state index in [1.807, 2.05) is 0 Å². The Hall–Kier alpha value is -1.75. The average Bonchev–Trinajstić information content (AvgIpc) is 2.16. The highest BCUT2D eigenvalue weighted by Gasteiger charge is 2.10. The SMILES string of the molecule is NC(=O)CCNC(=O)c1ccc(Cl)cc1O. The van der Waals surface area contributed by atoms with Crippen molar-refractivity contribution in [3.63, 3.8) is 0 Å². The number of primary amides is 1. The number of hydrogen-bond acceptors (Lipinski definition) is 3. The highest BCUT2D eigenvalue weighted by Crippen LogP contribution is 2.21. The lowest BCUT2D eigenvalue weighted by molar-refractivity contribution is -0.117. The zero-order chi connectivity index (χ0) is 12.1. The number of hydrogen-bond donors (Lipinski definition) is 3. The molecule has 86 valence electrons. The fourth-order valence-electron chi connectivity index (χ4n) is 1.09. The van der Waals surface area contributed by atoms with Crippen molar-refractivity contribution in [2.75, 3.05) is 6.54 Å². The van der Waals surface area contributed by atoms with Gasteiger partial charge in [-0.15, -0.1) is 0 Å². The molecule has 0 saturated heterocycles. The molecule has 2 amide bonds. The first-order valence-electron chi connectivity index (χ1n) is 4.55. The van der Waals surface area contributed by atoms with Gasteiger partial charge < -0.3 is 16.2 Å². The number of benzene rings is 1. The Labute approximate surface area is 97.2 Å². The number of phenols is 1. The second-order valence-corrected chi connectivity index (χ2v) is 3.57. The molecule has 4 N–H and O–H groups in total. The first-order valence-corrected chi connectivity index (χ1v) is 4.93. The van der Waals surface area contributed by atoms with Crippen molar-refractivity contribution in [1.82, 2.24) is 5.32 Å². The van der Waals surface area contributed by atoms with Crippen LogP contribution < -0.4 is 11.1 Å². The zero-order valence-corrected chi connectivity index (χ0v) is 9.12. The van der Waals surface area contributed by atoms with Crippen LogP contribution in [0.1, 0.15) is 16.8 Å². The molecular formula is C10H11ClN2O3. The number of nitrogens with two attached hydrogens (primary N) is 1. The summed E-state index contributed by atoms with van der Waals surface area (Å²) in [5, 5.41) is 12.2. The Morgan fingerprint density at radius 2 is 2.12 bits per heavy atom. The van der Waals surface area contributed by atoms with Gasteiger partial charge >= 0.3 is 0 Å². The molecule has 0 fully saturated rings. The Morgan fingerprint density at radius 3 is 2.69 bits per heavy atom. The van der Waals surface area contributed by atoms with E-state index in [1.165, 1.54) is 18.2 Å². The molecule has 0 aliphatic carbocycles. The van der Waals surface area contributed by atoms with E-state index in [-0.39, 0.29) is 24.3 Å². The molecule has 16 heavy (non-hydrogen) atoms. The molecule has 1 aromatic carbocycles. The number of aromatic hydroxyl groups is 1. The van der Waals surface area contributed by atoms with Crippen LogP contribution in [-0.4, -0.2) is 23.5 Å². The number of carbonyl (C=O) groups is 2. The zero-order valence-electron chi connectivity index (χ0n) is 8.37. The summed E-state index contributed by atoms with van der Waals surface area (Å²) in [6.07, 6.45) is 0.0556. The van der Waals surface area contributed by atoms with Gasteiger partial charge in [-0.3, -0.25) is 9.59 Å². The molecule has 0 heterocycles. The van der Waals surface area contributed by atoms with Crippen molar-refractivity contribution < 1.29 is 14.7 Å². The van der Waals surface area contributed by atoms with Crippen LogP contribution in [0.15, 0.2) is 18.2 Å². The van der Waals surface area contributed by atoms with Crippen LogP contribution >= 0.6 is 11.6 Å². The summed E-state index contributed by atoms with van der Waals surface area (Å²) in [5.41, 5.74) is 5.02. The number of nitrogens with one attached hydrogen (secondary N) is 1. The molecule has 0 atom stereocenters. The van der Waals surface area contributed by atoms with Crippen molar-refractivity contribution in [3.05, 3.63) is 28.8 Å². The molecule has 0 spiro atoms. The Balaban J connectivity index is 2.63. The van der Waals surface area contributed by atoms with Crippen LogP contribution in [0.4, 0.5) is 0 Å². The van der Waals surface area contributed by atoms with Crippen LogP contribution in [0.2, 0.25) is 5.02 Å². The molecule has 0 radical (unpaired) electrons. The maximum absolute atomic E-state index is 11.5. The van der Waals surface area contributed by atoms with Crippen LogP contribution in [-0.2, 0) is 4.79 Å². The van der Waals surface area contributed by atoms with E-state index < -0.39 is 11.8 Å². The van der Waals surface area contributed by atoms with E-state index in [2.05, 4.69) is 5.32 Å². The third kappa shape index (κ3) is 3.43. The fraction of sp³-hybridized carbons (Fsp3) is 0.200. The third-order valence-electron chi connectivity index (χ3n) is 1.86. The third-order valence-corrected chi connectivity index (χ3v) is 2.10. The molecule has 0 aliphatic rings. The summed E-state index contributed by atoms with van der Waals surface area (Å²) >= 11 is 5.61. The summed E-state index contributed by atoms with van der Waals surface area (Å²) < 4.78 is 0. The van der Waals surface area contributed by atoms with Gasteiger partial charge in [-0.2, -0.15) is 0 Å². The van der Waals surface area contributed by atoms with Gasteiger partial charge in [-0.25, -0.2) is 0 Å². The van der Waals surface area contributed by atoms with Gasteiger partial charge in [0.15, 0.2) is 0 Å². The van der Waals surface area contributed by atoms with Gasteiger partial charge in [-0.05, 0) is 18.2 Å². The largest absolute Gasteiger partial charge is 0.507 e. The summed E-state index contributed by atoms with van der Waals surface area (Å²) in [6.45, 7) is 0.135. The predicted molar refractivity (Wildman–Crippen MR) is 59.3 cm³/mol. The smallest absolute Gasteiger partial charge is 0.255 e. The minimum atomic E-state index is -0.499. The van der Waals surface area contributed by atoms with Crippen molar-refractivity contribution >= 4 is 23.4 Å². The quantitative estimate of drug-likeness (QED) is 0.724. The lowest BCUT2D eigenvalue weighted by atomic mass is 10.2. The minimum Gasteiger partial charge on any atom is -0.507 e. The molecular weight excluding hydrogens is 232 g/mol. The number of halogens is 1. The van der Waals surface area contributed by atoms with Crippen LogP contribution in [0.5, 0.6) is 5.75 Å². The van der Waals surface area contributed by atoms with E-state index in [9.17, 15) is 14.7 Å². The van der Waals surface area contributed by atoms with Crippen LogP contribution in [0, 0.1) is 0 Å². The first kappa shape index (κ1) is 12.3. The van der Waals surface area contributed by atoms with E-state index in [0.29, 0.717) is 5.02 Å². The number of amides is 2. The maximum Gasteiger partial charge on any atom is 0.255 e. The molecule has 0 bridgehead atoms. The van der Waals surface area contributed by atoms with Crippen molar-refractivity contribution in [3.8, 4) is 5.75 Å². The molecule has 0 aliphatic heterocycles. The molecule has 5 nitrogen and oxygen atoms in total. The fourth-order valence-corrected chi connectivity index (χ4v) is 1.26. The Kier molecular flexibility index (Phi) is 4.13. The van der Waals surface area contributed by atoms with Gasteiger partial charge in [0.25, 0.3) is 5.91 Å². The number of carbonyl (C=O) groups excluding carboxylic acids is 2. The second kappa shape index (κ2) is 5.37. The van der Waals surface area contributed by atoms with E-state index in [0.717, 1.165) is 0 Å². The van der Waals surface area contributed by atoms with Crippen molar-refractivity contribution in [1.29, 1.82) is 0 Å². The topological polar surface area (TPSA) is 92.4 Å². The van der Waals surface area contributed by atoms with Gasteiger partial charge in [0.05, 0.1) is 5.56 Å². The van der Waals surface area contributed by atoms with Gasteiger partial charge in [-0.1, -0.05) is 11.6 Å². The molecule has 6 heteroatoms. The summed E-state index contributed by atoms with van der Waals surface area (Å²) in [7, 11) is 0. The van der Waals surface area contributed by atoms with Gasteiger partial charge in [0.2, 0.25) is 5.91 Å². The highest BCUT2D eigenvalue weighted by atomic mass is 35.5. The van der Waals surface area contributed by atoms with Crippen LogP contribution in [0.3, 0.4) is 0 Å². The lowest BCUT2D eigenvalue weighted by Crippen LogP contribution is -2.27. The monoisotopic (exact) mass is 242 g/mol. The van der Waals surface area contributed by atoms with Gasteiger partial charge in [0.1, 0.15) is 5.75 Å². The number of phenolic OH excluding ortho intramolecular Hbond substituents is 1. The average molecular weight is 243 g/mol. The van der Waals surface area contributed by atoms with E-state index in [1.54, 1.807) is 0 Å². The molecule has 0 saturated carbocycles. The van der Waals surface area contributed by atoms with E-state index >= 15 is 0 Å². The summed E-state index contributed by atoms with van der Waals surface area (Å²) in [4.78, 5) is 21.9. The normalized spacial score (nSPS) is 9.81. The second-order valence-electron chi connectivity index (χ2n) is 3.13. The Morgan fingerprint density at radius 1 is 1.44 bits per heavy atom. The summed E-state index contributed by atoms with van der Waals surface area (Å²) in [6, 6.07) is 4.16. The standard InChI is InChI=1S/C10H11ClN2O3/c11-6-1-2-7(8(14)5-6)10(16)13-4-3-9(12)15/h1-2,5,14H,3-4H2,(H2,12,15)(H,13,16). The molecule has 1 aromatic rings. The van der Waals surface area contributed by atoms with Crippen LogP contribution in [0.25, 0.3) is 0 Å². The maximum atomic E-state index is 11.5. The minimum absolute atomic E-state index is 0.0556. The molecule has 0 aromatic heterocycles. The summed E-state index contributed by atoms with van der Waals surface area (Å²) in [5.74, 6) is -1.18. The van der Waals surface area contributed by atoms with E-state index in [4.69, 9.17) is 17.3 Å². The molecule has 0 unspecified atom stereocenters. The predicted octanol–water partition coefficient (Wildman–Crippen LogP) is 0.651. The highest BCUT2D eigenvalue weighted by molar-refractivity contribution is 6.30. The van der Waals surface area contributed by atoms with Gasteiger partial charge in [0, 0.05) is 18.0 Å². The first-order chi connectivity index (χ1) is 7.50. The number of rotatable bonds is 4. The van der Waals surface area contributed by atoms with Crippen molar-refractivity contribution in [2.45, 2.75) is 6.42 Å². The Bertz CT molecular complexity index is 421.